The van der Waals surface area contributed by atoms with Gasteiger partial charge in [-0.15, -0.1) is 11.8 Å². The molecule has 0 saturated carbocycles. The lowest BCUT2D eigenvalue weighted by molar-refractivity contribution is -0.123. The minimum Gasteiger partial charge on any atom is -0.496 e. The van der Waals surface area contributed by atoms with Crippen molar-refractivity contribution in [3.63, 3.8) is 0 Å². The van der Waals surface area contributed by atoms with Gasteiger partial charge < -0.3 is 14.8 Å². The molecule has 2 aliphatic heterocycles. The molecule has 3 heterocycles. The van der Waals surface area contributed by atoms with E-state index in [2.05, 4.69) is 5.32 Å². The van der Waals surface area contributed by atoms with E-state index in [0.717, 1.165) is 52.2 Å². The summed E-state index contributed by atoms with van der Waals surface area (Å²) in [7, 11) is 1.66. The van der Waals surface area contributed by atoms with Gasteiger partial charge in [-0.25, -0.2) is 4.68 Å². The fourth-order valence-corrected chi connectivity index (χ4v) is 6.78. The molecule has 0 spiro atoms. The van der Waals surface area contributed by atoms with Gasteiger partial charge >= 0.3 is 0 Å². The van der Waals surface area contributed by atoms with Crippen molar-refractivity contribution in [1.82, 2.24) is 15.1 Å². The maximum Gasteiger partial charge on any atom is 0.240 e. The average Bonchev–Trinajstić information content (AvgIpc) is 3.66. The van der Waals surface area contributed by atoms with E-state index in [4.69, 9.17) is 14.6 Å². The Morgan fingerprint density at radius 1 is 1.07 bits per heavy atom. The van der Waals surface area contributed by atoms with Crippen LogP contribution < -0.4 is 15.0 Å². The molecule has 0 radical (unpaired) electrons. The number of fused-ring (bicyclic) bond motifs is 1. The number of hydrogen-bond donors (Lipinski definition) is 1. The lowest BCUT2D eigenvalue weighted by Gasteiger charge is -2.24. The molecule has 1 N–H and O–H groups in total. The molecule has 2 atom stereocenters. The molecular formula is C33H34N4O4S. The Morgan fingerprint density at radius 2 is 1.83 bits per heavy atom. The van der Waals surface area contributed by atoms with Crippen molar-refractivity contribution in [1.29, 1.82) is 0 Å². The summed E-state index contributed by atoms with van der Waals surface area (Å²) in [6.07, 6.45) is 1.93. The Bertz CT molecular complexity index is 1560. The monoisotopic (exact) mass is 582 g/mol. The molecule has 2 aliphatic rings. The normalized spacial score (nSPS) is 18.4. The Kier molecular flexibility index (Phi) is 8.30. The molecule has 0 bridgehead atoms. The van der Waals surface area contributed by atoms with E-state index in [0.29, 0.717) is 19.0 Å². The number of aryl methyl sites for hydroxylation is 1. The van der Waals surface area contributed by atoms with E-state index < -0.39 is 0 Å². The molecule has 6 rings (SSSR count). The first-order chi connectivity index (χ1) is 20.5. The topological polar surface area (TPSA) is 85.7 Å². The van der Waals surface area contributed by atoms with Gasteiger partial charge in [0.2, 0.25) is 11.8 Å². The van der Waals surface area contributed by atoms with Crippen LogP contribution >= 0.6 is 11.8 Å². The highest BCUT2D eigenvalue weighted by Gasteiger charge is 2.38. The number of para-hydroxylation sites is 1. The Hall–Kier alpha value is -4.08. The lowest BCUT2D eigenvalue weighted by atomic mass is 9.99. The number of aromatic nitrogens is 2. The first-order valence-corrected chi connectivity index (χ1v) is 15.3. The number of benzene rings is 3. The summed E-state index contributed by atoms with van der Waals surface area (Å²) in [5.74, 6) is 1.13. The van der Waals surface area contributed by atoms with Crippen LogP contribution in [0.25, 0.3) is 16.9 Å². The number of thioether (sulfide) groups is 1. The number of anilines is 1. The largest absolute Gasteiger partial charge is 0.496 e. The number of rotatable bonds is 8. The van der Waals surface area contributed by atoms with Crippen molar-refractivity contribution in [2.45, 2.75) is 31.1 Å². The standard InChI is InChI=1S/C33H34N4O4S/c1-22-14-16-24(17-15-22)37-33-30(31(35-37)23-9-4-3-5-10-23)32(26-12-6-7-13-27(26)40-2)42-21-29(39)36(33)20-28(38)34-19-25-11-8-18-41-25/h3-7,9-10,12-17,25,32H,8,11,18-21H2,1-2H3,(H,34,38)/t25-,32+/m1/s1. The number of nitrogens with zero attached hydrogens (tertiary/aromatic N) is 3. The number of nitrogens with one attached hydrogen (secondary N) is 1. The minimum atomic E-state index is -0.269. The third-order valence-electron chi connectivity index (χ3n) is 7.69. The van der Waals surface area contributed by atoms with Crippen LogP contribution in [0, 0.1) is 6.92 Å². The van der Waals surface area contributed by atoms with Crippen LogP contribution in [0.1, 0.15) is 34.8 Å². The second kappa shape index (κ2) is 12.4. The van der Waals surface area contributed by atoms with Crippen LogP contribution in [-0.2, 0) is 14.3 Å². The molecule has 4 aromatic rings. The molecule has 0 unspecified atom stereocenters. The number of carbonyl (C=O) groups excluding carboxylic acids is 2. The second-order valence-electron chi connectivity index (χ2n) is 10.6. The van der Waals surface area contributed by atoms with Crippen LogP contribution in [0.2, 0.25) is 0 Å². The molecule has 1 aromatic heterocycles. The number of carbonyl (C=O) groups is 2. The number of hydrogen-bond acceptors (Lipinski definition) is 6. The predicted molar refractivity (Wildman–Crippen MR) is 165 cm³/mol. The number of ether oxygens (including phenoxy) is 2. The van der Waals surface area contributed by atoms with Crippen molar-refractivity contribution < 1.29 is 19.1 Å². The smallest absolute Gasteiger partial charge is 0.240 e. The van der Waals surface area contributed by atoms with Crippen molar-refractivity contribution >= 4 is 29.4 Å². The molecule has 1 fully saturated rings. The van der Waals surface area contributed by atoms with E-state index in [9.17, 15) is 9.59 Å². The van der Waals surface area contributed by atoms with Gasteiger partial charge in [-0.3, -0.25) is 14.5 Å². The van der Waals surface area contributed by atoms with E-state index in [1.54, 1.807) is 12.0 Å². The summed E-state index contributed by atoms with van der Waals surface area (Å²) >= 11 is 1.53. The highest BCUT2D eigenvalue weighted by molar-refractivity contribution is 8.00. The summed E-state index contributed by atoms with van der Waals surface area (Å²) in [5.41, 5.74) is 5.43. The zero-order valence-corrected chi connectivity index (χ0v) is 24.6. The van der Waals surface area contributed by atoms with Gasteiger partial charge in [0.15, 0.2) is 0 Å². The van der Waals surface area contributed by atoms with Crippen molar-refractivity contribution in [3.05, 3.63) is 95.6 Å². The first-order valence-electron chi connectivity index (χ1n) is 14.2. The molecule has 2 amide bonds. The van der Waals surface area contributed by atoms with Crippen LogP contribution in [0.5, 0.6) is 5.75 Å². The number of methoxy groups -OCH3 is 1. The maximum absolute atomic E-state index is 13.9. The van der Waals surface area contributed by atoms with E-state index in [-0.39, 0.29) is 35.5 Å². The fourth-order valence-electron chi connectivity index (χ4n) is 5.56. The number of amides is 2. The van der Waals surface area contributed by atoms with E-state index >= 15 is 0 Å². The molecule has 9 heteroatoms. The highest BCUT2D eigenvalue weighted by atomic mass is 32.2. The van der Waals surface area contributed by atoms with Crippen molar-refractivity contribution in [2.75, 3.05) is 37.5 Å². The van der Waals surface area contributed by atoms with Gasteiger partial charge in [0.1, 0.15) is 18.1 Å². The molecular weight excluding hydrogens is 548 g/mol. The van der Waals surface area contributed by atoms with E-state index in [1.165, 1.54) is 11.8 Å². The summed E-state index contributed by atoms with van der Waals surface area (Å²) in [6, 6.07) is 25.9. The minimum absolute atomic E-state index is 0.0117. The highest BCUT2D eigenvalue weighted by Crippen LogP contribution is 2.50. The molecule has 42 heavy (non-hydrogen) atoms. The van der Waals surface area contributed by atoms with Gasteiger partial charge in [0.25, 0.3) is 0 Å². The SMILES string of the molecule is COc1ccccc1[C@@H]1SCC(=O)N(CC(=O)NC[C@H]2CCCO2)c2c1c(-c1ccccc1)nn2-c1ccc(C)cc1. The van der Waals surface area contributed by atoms with Crippen LogP contribution in [0.3, 0.4) is 0 Å². The average molecular weight is 583 g/mol. The molecule has 216 valence electrons. The Balaban J connectivity index is 1.53. The molecule has 0 aliphatic carbocycles. The third kappa shape index (κ3) is 5.67. The summed E-state index contributed by atoms with van der Waals surface area (Å²) in [4.78, 5) is 28.9. The lowest BCUT2D eigenvalue weighted by Crippen LogP contribution is -2.44. The third-order valence-corrected chi connectivity index (χ3v) is 8.93. The summed E-state index contributed by atoms with van der Waals surface area (Å²) in [6.45, 7) is 3.06. The van der Waals surface area contributed by atoms with Gasteiger partial charge in [0.05, 0.1) is 35.6 Å². The molecule has 3 aromatic carbocycles. The van der Waals surface area contributed by atoms with Crippen molar-refractivity contribution in [3.8, 4) is 22.7 Å². The van der Waals surface area contributed by atoms with E-state index in [1.807, 2.05) is 90.5 Å². The Morgan fingerprint density at radius 3 is 2.57 bits per heavy atom. The summed E-state index contributed by atoms with van der Waals surface area (Å²) < 4.78 is 13.3. The fraction of sp³-hybridized carbons (Fsp3) is 0.303. The molecule has 1 saturated heterocycles. The van der Waals surface area contributed by atoms with Gasteiger partial charge in [-0.05, 0) is 38.0 Å². The quantitative estimate of drug-likeness (QED) is 0.303. The van der Waals surface area contributed by atoms with Crippen LogP contribution in [0.4, 0.5) is 5.82 Å². The van der Waals surface area contributed by atoms with Gasteiger partial charge in [0, 0.05) is 29.8 Å². The van der Waals surface area contributed by atoms with Crippen LogP contribution in [-0.4, -0.2) is 60.3 Å². The summed E-state index contributed by atoms with van der Waals surface area (Å²) in [5, 5.41) is 7.88. The maximum atomic E-state index is 13.9. The van der Waals surface area contributed by atoms with Gasteiger partial charge in [-0.2, -0.15) is 5.10 Å². The second-order valence-corrected chi connectivity index (χ2v) is 11.6. The van der Waals surface area contributed by atoms with Crippen LogP contribution in [0.15, 0.2) is 78.9 Å². The van der Waals surface area contributed by atoms with Gasteiger partial charge in [-0.1, -0.05) is 66.2 Å². The van der Waals surface area contributed by atoms with Crippen molar-refractivity contribution in [2.24, 2.45) is 0 Å². The first kappa shape index (κ1) is 28.1. The zero-order chi connectivity index (χ0) is 29.1. The predicted octanol–water partition coefficient (Wildman–Crippen LogP) is 5.32. The molecule has 8 nitrogen and oxygen atoms in total. The zero-order valence-electron chi connectivity index (χ0n) is 23.8. The Labute approximate surface area is 250 Å².